The number of aliphatic carboxylic acids is 1. The number of carboxylic acids is 1. The third-order valence-electron chi connectivity index (χ3n) is 7.06. The number of fused-ring (bicyclic) bond motifs is 2. The van der Waals surface area contributed by atoms with E-state index in [0.717, 1.165) is 31.2 Å². The molecule has 2 N–H and O–H groups in total. The zero-order valence-electron chi connectivity index (χ0n) is 17.6. The van der Waals surface area contributed by atoms with Crippen LogP contribution in [-0.4, -0.2) is 25.5 Å². The average molecular weight is 420 g/mol. The standard InChI is InChI=1S/C23H33NO4S/c1-16-10-12-19(13-11-16)29(27,28)24-22-17(8-6-4-5-7-9-21(25)26)14-18-15-20(22)23(18,2)3/h4,6,10-13,17-18,20,22,24H,5,7-9,14-15H2,1-3H3,(H,25,26). The first-order valence-electron chi connectivity index (χ1n) is 10.6. The van der Waals surface area contributed by atoms with E-state index in [0.29, 0.717) is 23.2 Å². The molecule has 0 radical (unpaired) electrons. The van der Waals surface area contributed by atoms with Gasteiger partial charge in [0.1, 0.15) is 0 Å². The number of allylic oxidation sites excluding steroid dienone is 2. The monoisotopic (exact) mass is 419 g/mol. The van der Waals surface area contributed by atoms with Crippen LogP contribution in [0.25, 0.3) is 0 Å². The Hall–Kier alpha value is -1.66. The van der Waals surface area contributed by atoms with Crippen molar-refractivity contribution in [2.75, 3.05) is 0 Å². The van der Waals surface area contributed by atoms with E-state index in [4.69, 9.17) is 5.11 Å². The number of hydrogen-bond donors (Lipinski definition) is 2. The van der Waals surface area contributed by atoms with Crippen molar-refractivity contribution in [3.63, 3.8) is 0 Å². The molecule has 2 bridgehead atoms. The number of nitrogens with one attached hydrogen (secondary N) is 1. The molecule has 1 aromatic rings. The van der Waals surface area contributed by atoms with Gasteiger partial charge in [-0.05, 0) is 74.3 Å². The Balaban J connectivity index is 1.69. The SMILES string of the molecule is Cc1ccc(S(=O)(=O)NC2C(CC=CCCCC(=O)O)CC3CC2C3(C)C)cc1. The van der Waals surface area contributed by atoms with Crippen LogP contribution in [0.2, 0.25) is 0 Å². The van der Waals surface area contributed by atoms with E-state index < -0.39 is 16.0 Å². The van der Waals surface area contributed by atoms with Gasteiger partial charge < -0.3 is 5.11 Å². The van der Waals surface area contributed by atoms with Crippen molar-refractivity contribution in [2.45, 2.75) is 70.2 Å². The minimum Gasteiger partial charge on any atom is -0.481 e. The smallest absolute Gasteiger partial charge is 0.303 e. The molecule has 6 heteroatoms. The first-order valence-corrected chi connectivity index (χ1v) is 12.1. The first kappa shape index (κ1) is 22.0. The second-order valence-corrected chi connectivity index (χ2v) is 11.0. The van der Waals surface area contributed by atoms with E-state index in [9.17, 15) is 13.2 Å². The third-order valence-corrected chi connectivity index (χ3v) is 8.54. The number of carboxylic acid groups (broad SMARTS) is 1. The fourth-order valence-corrected chi connectivity index (χ4v) is 6.40. The Bertz CT molecular complexity index is 857. The van der Waals surface area contributed by atoms with Gasteiger partial charge in [-0.3, -0.25) is 4.79 Å². The maximum Gasteiger partial charge on any atom is 0.303 e. The van der Waals surface area contributed by atoms with E-state index in [1.54, 1.807) is 12.1 Å². The molecule has 4 unspecified atom stereocenters. The van der Waals surface area contributed by atoms with Crippen LogP contribution in [0.1, 0.15) is 57.9 Å². The molecular formula is C23H33NO4S. The summed E-state index contributed by atoms with van der Waals surface area (Å²) < 4.78 is 29.1. The van der Waals surface area contributed by atoms with E-state index in [2.05, 4.69) is 24.6 Å². The van der Waals surface area contributed by atoms with Gasteiger partial charge in [-0.2, -0.15) is 0 Å². The molecule has 3 fully saturated rings. The van der Waals surface area contributed by atoms with Crippen molar-refractivity contribution < 1.29 is 18.3 Å². The molecule has 29 heavy (non-hydrogen) atoms. The van der Waals surface area contributed by atoms with Gasteiger partial charge in [-0.25, -0.2) is 13.1 Å². The summed E-state index contributed by atoms with van der Waals surface area (Å²) in [6.07, 6.45) is 8.67. The van der Waals surface area contributed by atoms with Crippen molar-refractivity contribution in [1.29, 1.82) is 0 Å². The lowest BCUT2D eigenvalue weighted by atomic mass is 9.45. The van der Waals surface area contributed by atoms with Crippen LogP contribution in [-0.2, 0) is 14.8 Å². The number of unbranched alkanes of at least 4 members (excludes halogenated alkanes) is 1. The second-order valence-electron chi connectivity index (χ2n) is 9.31. The van der Waals surface area contributed by atoms with Gasteiger partial charge in [-0.15, -0.1) is 0 Å². The Morgan fingerprint density at radius 3 is 2.52 bits per heavy atom. The Morgan fingerprint density at radius 2 is 1.90 bits per heavy atom. The minimum absolute atomic E-state index is 0.0648. The predicted octanol–water partition coefficient (Wildman–Crippen LogP) is 4.53. The maximum atomic E-state index is 13.0. The predicted molar refractivity (Wildman–Crippen MR) is 114 cm³/mol. The summed E-state index contributed by atoms with van der Waals surface area (Å²) in [5.74, 6) is 0.520. The van der Waals surface area contributed by atoms with Crippen LogP contribution in [0.3, 0.4) is 0 Å². The van der Waals surface area contributed by atoms with Crippen molar-refractivity contribution in [1.82, 2.24) is 4.72 Å². The molecule has 3 aliphatic carbocycles. The molecule has 4 rings (SSSR count). The lowest BCUT2D eigenvalue weighted by Crippen LogP contribution is -2.63. The molecule has 3 aliphatic rings. The number of carbonyl (C=O) groups is 1. The van der Waals surface area contributed by atoms with Gasteiger partial charge in [0.15, 0.2) is 0 Å². The van der Waals surface area contributed by atoms with Gasteiger partial charge >= 0.3 is 5.97 Å². The molecule has 1 aromatic carbocycles. The van der Waals surface area contributed by atoms with E-state index >= 15 is 0 Å². The molecule has 0 heterocycles. The first-order chi connectivity index (χ1) is 13.6. The number of rotatable bonds is 9. The third kappa shape index (κ3) is 4.92. The summed E-state index contributed by atoms with van der Waals surface area (Å²) in [7, 11) is -3.56. The zero-order valence-corrected chi connectivity index (χ0v) is 18.4. The molecule has 0 spiro atoms. The van der Waals surface area contributed by atoms with Crippen LogP contribution in [0.4, 0.5) is 0 Å². The summed E-state index contributed by atoms with van der Waals surface area (Å²) in [4.78, 5) is 10.9. The van der Waals surface area contributed by atoms with E-state index in [-0.39, 0.29) is 23.8 Å². The Morgan fingerprint density at radius 1 is 1.21 bits per heavy atom. The normalized spacial score (nSPS) is 28.2. The second kappa shape index (κ2) is 8.60. The summed E-state index contributed by atoms with van der Waals surface area (Å²) in [6, 6.07) is 6.94. The van der Waals surface area contributed by atoms with Gasteiger partial charge in [0.2, 0.25) is 10.0 Å². The maximum absolute atomic E-state index is 13.0. The van der Waals surface area contributed by atoms with Crippen LogP contribution in [0.15, 0.2) is 41.3 Å². The molecule has 0 aliphatic heterocycles. The number of aryl methyl sites for hydroxylation is 1. The highest BCUT2D eigenvalue weighted by Gasteiger charge is 2.58. The highest BCUT2D eigenvalue weighted by atomic mass is 32.2. The Kier molecular flexibility index (Phi) is 6.54. The minimum atomic E-state index is -3.56. The van der Waals surface area contributed by atoms with Gasteiger partial charge in [0.05, 0.1) is 4.90 Å². The van der Waals surface area contributed by atoms with Gasteiger partial charge in [0, 0.05) is 12.5 Å². The quantitative estimate of drug-likeness (QED) is 0.455. The Labute approximate surface area is 174 Å². The summed E-state index contributed by atoms with van der Waals surface area (Å²) in [6.45, 7) is 6.47. The number of sulfonamides is 1. The van der Waals surface area contributed by atoms with Crippen molar-refractivity contribution in [2.24, 2.45) is 23.2 Å². The van der Waals surface area contributed by atoms with Crippen LogP contribution in [0, 0.1) is 30.1 Å². The topological polar surface area (TPSA) is 83.5 Å². The molecule has 0 amide bonds. The van der Waals surface area contributed by atoms with Gasteiger partial charge in [-0.1, -0.05) is 43.7 Å². The van der Waals surface area contributed by atoms with Crippen LogP contribution >= 0.6 is 0 Å². The fourth-order valence-electron chi connectivity index (χ4n) is 5.05. The summed E-state index contributed by atoms with van der Waals surface area (Å²) >= 11 is 0. The lowest BCUT2D eigenvalue weighted by Gasteiger charge is -2.62. The molecular weight excluding hydrogens is 386 g/mol. The molecule has 0 saturated heterocycles. The van der Waals surface area contributed by atoms with Crippen molar-refractivity contribution >= 4 is 16.0 Å². The molecule has 0 aromatic heterocycles. The largest absolute Gasteiger partial charge is 0.481 e. The van der Waals surface area contributed by atoms with Gasteiger partial charge in [0.25, 0.3) is 0 Å². The molecule has 5 nitrogen and oxygen atoms in total. The van der Waals surface area contributed by atoms with Crippen molar-refractivity contribution in [3.8, 4) is 0 Å². The highest BCUT2D eigenvalue weighted by Crippen LogP contribution is 2.61. The average Bonchev–Trinajstić information content (AvgIpc) is 2.65. The molecule has 3 saturated carbocycles. The zero-order chi connectivity index (χ0) is 21.2. The van der Waals surface area contributed by atoms with Crippen LogP contribution < -0.4 is 4.72 Å². The lowest BCUT2D eigenvalue weighted by molar-refractivity contribution is -0.137. The molecule has 160 valence electrons. The fraction of sp³-hybridized carbons (Fsp3) is 0.609. The number of benzene rings is 1. The summed E-state index contributed by atoms with van der Waals surface area (Å²) in [5.41, 5.74) is 1.21. The summed E-state index contributed by atoms with van der Waals surface area (Å²) in [5, 5.41) is 8.72. The number of hydrogen-bond acceptors (Lipinski definition) is 3. The van der Waals surface area contributed by atoms with Crippen LogP contribution in [0.5, 0.6) is 0 Å². The van der Waals surface area contributed by atoms with E-state index in [1.165, 1.54) is 0 Å². The molecule has 4 atom stereocenters. The van der Waals surface area contributed by atoms with E-state index in [1.807, 2.05) is 25.1 Å². The van der Waals surface area contributed by atoms with Crippen molar-refractivity contribution in [3.05, 3.63) is 42.0 Å². The highest BCUT2D eigenvalue weighted by molar-refractivity contribution is 7.89.